The maximum absolute atomic E-state index is 13.2. The number of nitrogens with zero attached hydrogens (tertiary/aromatic N) is 4. The molecular formula is C44H44F2N4O6. The molecule has 0 saturated carbocycles. The average Bonchev–Trinajstić information content (AvgIpc) is 3.92. The Hall–Kier alpha value is -6.30. The van der Waals surface area contributed by atoms with Gasteiger partial charge in [0.15, 0.2) is 0 Å². The van der Waals surface area contributed by atoms with Crippen molar-refractivity contribution in [3.8, 4) is 11.5 Å². The van der Waals surface area contributed by atoms with Gasteiger partial charge in [0.1, 0.15) is 36.3 Å². The molecule has 0 unspecified atom stereocenters. The lowest BCUT2D eigenvalue weighted by Gasteiger charge is -2.20. The largest absolute Gasteiger partial charge is 0.489 e. The van der Waals surface area contributed by atoms with Gasteiger partial charge >= 0.3 is 11.9 Å². The molecule has 8 rings (SSSR count). The van der Waals surface area contributed by atoms with Crippen molar-refractivity contribution in [3.05, 3.63) is 131 Å². The molecule has 4 heterocycles. The summed E-state index contributed by atoms with van der Waals surface area (Å²) in [7, 11) is 0. The van der Waals surface area contributed by atoms with E-state index in [1.165, 1.54) is 72.1 Å². The zero-order valence-electron chi connectivity index (χ0n) is 31.4. The van der Waals surface area contributed by atoms with E-state index in [1.807, 2.05) is 13.8 Å². The number of aryl methyl sites for hydroxylation is 2. The molecular weight excluding hydrogens is 719 g/mol. The van der Waals surface area contributed by atoms with Crippen LogP contribution in [0.25, 0.3) is 21.8 Å². The highest BCUT2D eigenvalue weighted by atomic mass is 19.1. The molecule has 0 atom stereocenters. The first-order chi connectivity index (χ1) is 27.0. The molecule has 56 heavy (non-hydrogen) atoms. The first-order valence-corrected chi connectivity index (χ1v) is 18.6. The number of rotatable bonds is 8. The second-order valence-corrected chi connectivity index (χ2v) is 13.8. The van der Waals surface area contributed by atoms with Gasteiger partial charge in [-0.05, 0) is 99.2 Å². The number of anilines is 2. The summed E-state index contributed by atoms with van der Waals surface area (Å²) < 4.78 is 37.9. The lowest BCUT2D eigenvalue weighted by molar-refractivity contribution is -0.159. The van der Waals surface area contributed by atoms with Crippen molar-refractivity contribution in [2.75, 3.05) is 36.0 Å². The molecule has 2 N–H and O–H groups in total. The van der Waals surface area contributed by atoms with Crippen LogP contribution in [0.2, 0.25) is 0 Å². The Morgan fingerprint density at radius 2 is 0.982 bits per heavy atom. The molecule has 10 nitrogen and oxygen atoms in total. The molecule has 0 aliphatic carbocycles. The second kappa shape index (κ2) is 18.4. The van der Waals surface area contributed by atoms with Crippen LogP contribution >= 0.6 is 0 Å². The molecule has 0 spiro atoms. The standard InChI is InChI=1S/2C21H21FN2O.C2H2O4/c2*1-15-11-21(24-9-2-3-10-24)19-8-7-16(12-20(19)23-15)14-25-18-6-4-5-17(22)13-18;3-1(4)2(5)6/h2*4-8,11-13H,2-3,9-10,14H2,1H3;(H,3,4)(H,5,6). The molecule has 2 aromatic heterocycles. The summed E-state index contributed by atoms with van der Waals surface area (Å²) in [5, 5.41) is 17.1. The highest BCUT2D eigenvalue weighted by Crippen LogP contribution is 2.32. The van der Waals surface area contributed by atoms with Crippen LogP contribution in [0.1, 0.15) is 48.2 Å². The monoisotopic (exact) mass is 762 g/mol. The number of ether oxygens (including phenoxy) is 2. The third kappa shape index (κ3) is 10.5. The Balaban J connectivity index is 0.000000166. The van der Waals surface area contributed by atoms with Gasteiger partial charge < -0.3 is 29.5 Å². The van der Waals surface area contributed by atoms with Gasteiger partial charge in [0.2, 0.25) is 0 Å². The van der Waals surface area contributed by atoms with Crippen molar-refractivity contribution in [1.29, 1.82) is 0 Å². The number of aromatic nitrogens is 2. The number of aliphatic carboxylic acids is 2. The van der Waals surface area contributed by atoms with Crippen LogP contribution < -0.4 is 19.3 Å². The number of carboxylic acids is 2. The first-order valence-electron chi connectivity index (χ1n) is 18.6. The Labute approximate surface area is 324 Å². The summed E-state index contributed by atoms with van der Waals surface area (Å²) in [5.74, 6) is -3.15. The lowest BCUT2D eigenvalue weighted by Crippen LogP contribution is -2.18. The summed E-state index contributed by atoms with van der Waals surface area (Å²) >= 11 is 0. The quantitative estimate of drug-likeness (QED) is 0.145. The molecule has 2 saturated heterocycles. The van der Waals surface area contributed by atoms with Crippen LogP contribution in [0.5, 0.6) is 11.5 Å². The third-order valence-electron chi connectivity index (χ3n) is 9.44. The number of hydrogen-bond donors (Lipinski definition) is 2. The maximum Gasteiger partial charge on any atom is 0.414 e. The summed E-state index contributed by atoms with van der Waals surface area (Å²) in [5.41, 5.74) is 8.64. The SMILES string of the molecule is Cc1cc(N2CCCC2)c2ccc(COc3cccc(F)c3)cc2n1.Cc1cc(N2CCCC2)c2ccc(COc3cccc(F)c3)cc2n1.O=C(O)C(=O)O. The number of halogens is 2. The minimum Gasteiger partial charge on any atom is -0.489 e. The number of carbonyl (C=O) groups is 2. The van der Waals surface area contributed by atoms with Gasteiger partial charge in [0, 0.05) is 71.8 Å². The van der Waals surface area contributed by atoms with E-state index < -0.39 is 11.9 Å². The van der Waals surface area contributed by atoms with E-state index in [9.17, 15) is 8.78 Å². The molecule has 2 fully saturated rings. The Morgan fingerprint density at radius 3 is 1.34 bits per heavy atom. The van der Waals surface area contributed by atoms with Crippen molar-refractivity contribution in [2.24, 2.45) is 0 Å². The van der Waals surface area contributed by atoms with Crippen molar-refractivity contribution in [1.82, 2.24) is 9.97 Å². The predicted molar refractivity (Wildman–Crippen MR) is 213 cm³/mol. The highest BCUT2D eigenvalue weighted by molar-refractivity contribution is 6.27. The van der Waals surface area contributed by atoms with Crippen LogP contribution in [0.15, 0.2) is 97.1 Å². The second-order valence-electron chi connectivity index (χ2n) is 13.8. The van der Waals surface area contributed by atoms with Gasteiger partial charge in [-0.25, -0.2) is 18.4 Å². The van der Waals surface area contributed by atoms with Crippen molar-refractivity contribution >= 4 is 45.1 Å². The van der Waals surface area contributed by atoms with E-state index in [0.717, 1.165) is 59.7 Å². The molecule has 4 aromatic carbocycles. The van der Waals surface area contributed by atoms with E-state index in [0.29, 0.717) is 24.7 Å². The van der Waals surface area contributed by atoms with Gasteiger partial charge in [0.25, 0.3) is 0 Å². The van der Waals surface area contributed by atoms with E-state index >= 15 is 0 Å². The number of carboxylic acid groups (broad SMARTS) is 2. The molecule has 0 bridgehead atoms. The Kier molecular flexibility index (Phi) is 12.9. The number of hydrogen-bond acceptors (Lipinski definition) is 8. The predicted octanol–water partition coefficient (Wildman–Crippen LogP) is 8.88. The normalized spacial score (nSPS) is 13.5. The summed E-state index contributed by atoms with van der Waals surface area (Å²) in [6.45, 7) is 9.32. The van der Waals surface area contributed by atoms with Crippen LogP contribution in [0, 0.1) is 25.5 Å². The minimum atomic E-state index is -1.82. The van der Waals surface area contributed by atoms with Crippen molar-refractivity contribution in [2.45, 2.75) is 52.7 Å². The molecule has 2 aliphatic rings. The van der Waals surface area contributed by atoms with Crippen molar-refractivity contribution in [3.63, 3.8) is 0 Å². The molecule has 2 aliphatic heterocycles. The van der Waals surface area contributed by atoms with Gasteiger partial charge in [-0.1, -0.05) is 36.4 Å². The van der Waals surface area contributed by atoms with E-state index in [2.05, 4.69) is 58.3 Å². The Morgan fingerprint density at radius 1 is 0.589 bits per heavy atom. The summed E-state index contributed by atoms with van der Waals surface area (Å²) in [6.07, 6.45) is 5.01. The fraction of sp³-hybridized carbons (Fsp3) is 0.273. The topological polar surface area (TPSA) is 125 Å². The van der Waals surface area contributed by atoms with E-state index in [4.69, 9.17) is 39.2 Å². The van der Waals surface area contributed by atoms with Crippen LogP contribution in [-0.4, -0.2) is 58.3 Å². The van der Waals surface area contributed by atoms with Crippen LogP contribution in [-0.2, 0) is 22.8 Å². The van der Waals surface area contributed by atoms with Crippen LogP contribution in [0.3, 0.4) is 0 Å². The maximum atomic E-state index is 13.2. The number of benzene rings is 4. The zero-order chi connectivity index (χ0) is 39.6. The van der Waals surface area contributed by atoms with E-state index in [-0.39, 0.29) is 11.6 Å². The van der Waals surface area contributed by atoms with Crippen LogP contribution in [0.4, 0.5) is 20.2 Å². The van der Waals surface area contributed by atoms with Crippen molar-refractivity contribution < 1.29 is 38.1 Å². The summed E-state index contributed by atoms with van der Waals surface area (Å²) in [6, 6.07) is 29.3. The molecule has 12 heteroatoms. The van der Waals surface area contributed by atoms with Gasteiger partial charge in [-0.3, -0.25) is 9.97 Å². The van der Waals surface area contributed by atoms with Gasteiger partial charge in [0.05, 0.1) is 11.0 Å². The highest BCUT2D eigenvalue weighted by Gasteiger charge is 2.18. The molecule has 290 valence electrons. The number of fused-ring (bicyclic) bond motifs is 2. The third-order valence-corrected chi connectivity index (χ3v) is 9.44. The minimum absolute atomic E-state index is 0.288. The average molecular weight is 763 g/mol. The van der Waals surface area contributed by atoms with Gasteiger partial charge in [-0.2, -0.15) is 0 Å². The summed E-state index contributed by atoms with van der Waals surface area (Å²) in [4.78, 5) is 32.5. The fourth-order valence-corrected chi connectivity index (χ4v) is 6.83. The Bertz CT molecular complexity index is 2160. The first kappa shape index (κ1) is 39.4. The molecule has 0 amide bonds. The lowest BCUT2D eigenvalue weighted by atomic mass is 10.1. The molecule has 0 radical (unpaired) electrons. The fourth-order valence-electron chi connectivity index (χ4n) is 6.83. The number of pyridine rings is 2. The molecule has 6 aromatic rings. The smallest absolute Gasteiger partial charge is 0.414 e. The zero-order valence-corrected chi connectivity index (χ0v) is 31.4. The van der Waals surface area contributed by atoms with E-state index in [1.54, 1.807) is 24.3 Å². The van der Waals surface area contributed by atoms with Gasteiger partial charge in [-0.15, -0.1) is 0 Å².